The fraction of sp³-hybridized carbons (Fsp3) is 0.154. The van der Waals surface area contributed by atoms with Gasteiger partial charge in [-0.05, 0) is 46.9 Å². The summed E-state index contributed by atoms with van der Waals surface area (Å²) in [5.74, 6) is -0.213. The third-order valence-corrected chi connectivity index (χ3v) is 3.10. The third kappa shape index (κ3) is 3.04. The molecule has 0 bridgehead atoms. The zero-order valence-corrected chi connectivity index (χ0v) is 11.9. The summed E-state index contributed by atoms with van der Waals surface area (Å²) in [5.41, 5.74) is 1.78. The van der Waals surface area contributed by atoms with Gasteiger partial charge in [-0.2, -0.15) is 0 Å². The molecule has 2 aromatic rings. The molecule has 1 N–H and O–H groups in total. The van der Waals surface area contributed by atoms with Crippen LogP contribution >= 0.6 is 22.6 Å². The van der Waals surface area contributed by atoms with Gasteiger partial charge in [-0.3, -0.25) is 0 Å². The Labute approximate surface area is 118 Å². The van der Waals surface area contributed by atoms with Crippen LogP contribution in [0.2, 0.25) is 0 Å². The molecule has 94 valence electrons. The Kier molecular flexibility index (Phi) is 4.24. The van der Waals surface area contributed by atoms with Gasteiger partial charge >= 0.3 is 5.97 Å². The number of halogens is 1. The maximum Gasteiger partial charge on any atom is 0.374 e. The molecule has 1 aromatic heterocycles. The summed E-state index contributed by atoms with van der Waals surface area (Å²) < 4.78 is 10.9. The first-order chi connectivity index (χ1) is 8.70. The molecule has 0 aliphatic heterocycles. The summed E-state index contributed by atoms with van der Waals surface area (Å²) in [5, 5.41) is 3.23. The quantitative estimate of drug-likeness (QED) is 0.674. The van der Waals surface area contributed by atoms with Crippen molar-refractivity contribution in [3.8, 4) is 0 Å². The highest BCUT2D eigenvalue weighted by Gasteiger charge is 2.15. The lowest BCUT2D eigenvalue weighted by Crippen LogP contribution is -2.06. The van der Waals surface area contributed by atoms with E-state index < -0.39 is 5.97 Å². The molecule has 0 radical (unpaired) electrons. The molecule has 0 aliphatic rings. The largest absolute Gasteiger partial charge is 0.463 e. The maximum atomic E-state index is 11.4. The van der Waals surface area contributed by atoms with Gasteiger partial charge in [-0.15, -0.1) is 0 Å². The second kappa shape index (κ2) is 5.90. The Bertz CT molecular complexity index is 551. The molecule has 1 heterocycles. The first-order valence-electron chi connectivity index (χ1n) is 5.35. The molecule has 5 heteroatoms. The van der Waals surface area contributed by atoms with Crippen LogP contribution in [0, 0.1) is 3.57 Å². The van der Waals surface area contributed by atoms with Gasteiger partial charge in [0, 0.05) is 21.4 Å². The van der Waals surface area contributed by atoms with Crippen molar-refractivity contribution >= 4 is 34.2 Å². The van der Waals surface area contributed by atoms with Gasteiger partial charge in [0.05, 0.1) is 13.4 Å². The average Bonchev–Trinajstić information content (AvgIpc) is 2.84. The molecular formula is C13H12INO3. The van der Waals surface area contributed by atoms with Gasteiger partial charge < -0.3 is 14.5 Å². The van der Waals surface area contributed by atoms with Crippen LogP contribution in [0.5, 0.6) is 0 Å². The summed E-state index contributed by atoms with van der Waals surface area (Å²) in [4.78, 5) is 11.4. The second-order valence-corrected chi connectivity index (χ2v) is 4.88. The minimum Gasteiger partial charge on any atom is -0.463 e. The summed E-state index contributed by atoms with van der Waals surface area (Å²) in [6, 6.07) is 9.75. The Hall–Kier alpha value is -1.50. The molecule has 4 nitrogen and oxygen atoms in total. The lowest BCUT2D eigenvalue weighted by molar-refractivity contribution is 0.0563. The number of ether oxygens (including phenoxy) is 1. The summed E-state index contributed by atoms with van der Waals surface area (Å²) in [7, 11) is 1.33. The number of nitrogens with one attached hydrogen (secondary N) is 1. The number of furan rings is 1. The standard InChI is InChI=1S/C13H12INO3/c1-17-13(16)12-9(5-6-18-12)8-15-11-4-2-3-10(14)7-11/h2-7,15H,8H2,1H3. The molecule has 0 aliphatic carbocycles. The van der Waals surface area contributed by atoms with Gasteiger partial charge in [0.15, 0.2) is 0 Å². The van der Waals surface area contributed by atoms with E-state index in [0.717, 1.165) is 14.8 Å². The SMILES string of the molecule is COC(=O)c1occc1CNc1cccc(I)c1. The predicted molar refractivity (Wildman–Crippen MR) is 76.5 cm³/mol. The minimum atomic E-state index is -0.459. The van der Waals surface area contributed by atoms with Crippen LogP contribution in [0.4, 0.5) is 5.69 Å². The molecule has 0 saturated carbocycles. The lowest BCUT2D eigenvalue weighted by Gasteiger charge is -2.06. The van der Waals surface area contributed by atoms with Crippen molar-refractivity contribution in [3.63, 3.8) is 0 Å². The molecule has 1 aromatic carbocycles. The number of methoxy groups -OCH3 is 1. The van der Waals surface area contributed by atoms with E-state index in [-0.39, 0.29) is 5.76 Å². The number of carbonyl (C=O) groups excluding carboxylic acids is 1. The first-order valence-corrected chi connectivity index (χ1v) is 6.42. The molecule has 0 atom stereocenters. The normalized spacial score (nSPS) is 10.1. The van der Waals surface area contributed by atoms with Crippen LogP contribution < -0.4 is 5.32 Å². The molecule has 2 rings (SSSR count). The maximum absolute atomic E-state index is 11.4. The van der Waals surface area contributed by atoms with Crippen LogP contribution in [0.3, 0.4) is 0 Å². The van der Waals surface area contributed by atoms with Crippen molar-refractivity contribution < 1.29 is 13.9 Å². The van der Waals surface area contributed by atoms with Crippen molar-refractivity contribution in [1.82, 2.24) is 0 Å². The predicted octanol–water partition coefficient (Wildman–Crippen LogP) is 3.28. The van der Waals surface area contributed by atoms with Crippen LogP contribution in [0.25, 0.3) is 0 Å². The number of hydrogen-bond acceptors (Lipinski definition) is 4. The van der Waals surface area contributed by atoms with Gasteiger partial charge in [0.25, 0.3) is 0 Å². The Morgan fingerprint density at radius 2 is 2.28 bits per heavy atom. The highest BCUT2D eigenvalue weighted by atomic mass is 127. The smallest absolute Gasteiger partial charge is 0.374 e. The average molecular weight is 357 g/mol. The lowest BCUT2D eigenvalue weighted by atomic mass is 10.2. The molecular weight excluding hydrogens is 345 g/mol. The van der Waals surface area contributed by atoms with Gasteiger partial charge in [-0.1, -0.05) is 6.07 Å². The zero-order valence-electron chi connectivity index (χ0n) is 9.77. The molecule has 0 amide bonds. The van der Waals surface area contributed by atoms with Gasteiger partial charge in [0.1, 0.15) is 0 Å². The number of carbonyl (C=O) groups is 1. The van der Waals surface area contributed by atoms with Crippen LogP contribution in [0.1, 0.15) is 16.1 Å². The van der Waals surface area contributed by atoms with Crippen LogP contribution in [0.15, 0.2) is 41.0 Å². The van der Waals surface area contributed by atoms with Crippen molar-refractivity contribution in [1.29, 1.82) is 0 Å². The van der Waals surface area contributed by atoms with Crippen LogP contribution in [-0.2, 0) is 11.3 Å². The number of benzene rings is 1. The van der Waals surface area contributed by atoms with Crippen molar-refractivity contribution in [2.75, 3.05) is 12.4 Å². The molecule has 0 spiro atoms. The molecule has 0 fully saturated rings. The van der Waals surface area contributed by atoms with E-state index in [9.17, 15) is 4.79 Å². The van der Waals surface area contributed by atoms with E-state index in [4.69, 9.17) is 4.42 Å². The van der Waals surface area contributed by atoms with E-state index in [1.165, 1.54) is 13.4 Å². The Balaban J connectivity index is 2.07. The first kappa shape index (κ1) is 12.9. The Morgan fingerprint density at radius 3 is 3.00 bits per heavy atom. The zero-order chi connectivity index (χ0) is 13.0. The van der Waals surface area contributed by atoms with Gasteiger partial charge in [0.2, 0.25) is 5.76 Å². The number of esters is 1. The van der Waals surface area contributed by atoms with Gasteiger partial charge in [-0.25, -0.2) is 4.79 Å². The number of anilines is 1. The summed E-state index contributed by atoms with van der Waals surface area (Å²) >= 11 is 2.25. The fourth-order valence-corrected chi connectivity index (χ4v) is 2.09. The van der Waals surface area contributed by atoms with E-state index in [1.54, 1.807) is 6.07 Å². The Morgan fingerprint density at radius 1 is 1.44 bits per heavy atom. The van der Waals surface area contributed by atoms with Crippen LogP contribution in [-0.4, -0.2) is 13.1 Å². The van der Waals surface area contributed by atoms with E-state index >= 15 is 0 Å². The van der Waals surface area contributed by atoms with Crippen molar-refractivity contribution in [2.45, 2.75) is 6.54 Å². The van der Waals surface area contributed by atoms with Crippen molar-refractivity contribution in [3.05, 3.63) is 51.5 Å². The van der Waals surface area contributed by atoms with E-state index in [0.29, 0.717) is 6.54 Å². The highest BCUT2D eigenvalue weighted by molar-refractivity contribution is 14.1. The minimum absolute atomic E-state index is 0.246. The highest BCUT2D eigenvalue weighted by Crippen LogP contribution is 2.16. The number of rotatable bonds is 4. The van der Waals surface area contributed by atoms with E-state index in [2.05, 4.69) is 32.6 Å². The molecule has 0 saturated heterocycles. The summed E-state index contributed by atoms with van der Waals surface area (Å²) in [6.07, 6.45) is 1.48. The fourth-order valence-electron chi connectivity index (χ4n) is 1.54. The van der Waals surface area contributed by atoms with E-state index in [1.807, 2.05) is 24.3 Å². The number of hydrogen-bond donors (Lipinski definition) is 1. The van der Waals surface area contributed by atoms with Crippen molar-refractivity contribution in [2.24, 2.45) is 0 Å². The molecule has 0 unspecified atom stereocenters. The third-order valence-electron chi connectivity index (χ3n) is 2.43. The molecule has 18 heavy (non-hydrogen) atoms. The second-order valence-electron chi connectivity index (χ2n) is 3.63. The summed E-state index contributed by atoms with van der Waals surface area (Å²) in [6.45, 7) is 0.515. The topological polar surface area (TPSA) is 51.5 Å². The monoisotopic (exact) mass is 357 g/mol.